The summed E-state index contributed by atoms with van der Waals surface area (Å²) >= 11 is 5.47. The predicted molar refractivity (Wildman–Crippen MR) is 98.9 cm³/mol. The molecule has 144 valence electrons. The molecule has 0 bridgehead atoms. The van der Waals surface area contributed by atoms with Crippen LogP contribution in [0.3, 0.4) is 0 Å². The highest BCUT2D eigenvalue weighted by atomic mass is 32.1. The molecule has 7 nitrogen and oxygen atoms in total. The zero-order valence-corrected chi connectivity index (χ0v) is 16.6. The number of likely N-dealkylation sites (N-methyl/N-ethyl adjacent to an activating group) is 1. The summed E-state index contributed by atoms with van der Waals surface area (Å²) in [5.41, 5.74) is -0.572. The molecule has 0 unspecified atom stereocenters. The Hall–Kier alpha value is -1.41. The molecule has 0 aromatic rings. The van der Waals surface area contributed by atoms with Gasteiger partial charge >= 0.3 is 12.1 Å². The lowest BCUT2D eigenvalue weighted by Gasteiger charge is -2.30. The molecule has 0 saturated carbocycles. The Bertz CT molecular complexity index is 490. The van der Waals surface area contributed by atoms with Crippen molar-refractivity contribution in [1.82, 2.24) is 9.80 Å². The first-order valence-corrected chi connectivity index (χ1v) is 8.96. The number of thiocarbonyl (C=S) groups is 1. The lowest BCUT2D eigenvalue weighted by atomic mass is 10.2. The number of likely N-dealkylation sites (tertiary alicyclic amines) is 1. The third-order valence-corrected chi connectivity index (χ3v) is 4.39. The lowest BCUT2D eigenvalue weighted by Crippen LogP contribution is -2.46. The van der Waals surface area contributed by atoms with E-state index in [4.69, 9.17) is 26.8 Å². The second-order valence-corrected chi connectivity index (χ2v) is 7.88. The van der Waals surface area contributed by atoms with Gasteiger partial charge in [-0.25, -0.2) is 4.79 Å². The van der Waals surface area contributed by atoms with Crippen LogP contribution in [0.1, 0.15) is 46.5 Å². The highest BCUT2D eigenvalue weighted by molar-refractivity contribution is 7.80. The molecule has 1 amide bonds. The summed E-state index contributed by atoms with van der Waals surface area (Å²) in [6.45, 7) is 6.39. The van der Waals surface area contributed by atoms with Gasteiger partial charge in [-0.1, -0.05) is 12.2 Å². The van der Waals surface area contributed by atoms with E-state index in [1.54, 1.807) is 4.90 Å². The summed E-state index contributed by atoms with van der Waals surface area (Å²) in [6.07, 6.45) is 1.51. The molecule has 8 heteroatoms. The Morgan fingerprint density at radius 2 is 1.92 bits per heavy atom. The number of carboxylic acids is 1. The van der Waals surface area contributed by atoms with E-state index in [-0.39, 0.29) is 18.6 Å². The zero-order valence-electron chi connectivity index (χ0n) is 15.8. The molecule has 1 saturated heterocycles. The second kappa shape index (κ2) is 9.33. The SMILES string of the molecule is CN(C)C(=S)[C@@H]1C[C@@H](OCCCCC(=O)O)CN1C(=O)OC(C)(C)C. The van der Waals surface area contributed by atoms with Crippen LogP contribution in [0, 0.1) is 0 Å². The van der Waals surface area contributed by atoms with E-state index in [1.807, 2.05) is 39.8 Å². The van der Waals surface area contributed by atoms with Crippen molar-refractivity contribution in [2.75, 3.05) is 27.2 Å². The van der Waals surface area contributed by atoms with Crippen molar-refractivity contribution in [3.05, 3.63) is 0 Å². The number of carbonyl (C=O) groups excluding carboxylic acids is 1. The molecule has 1 aliphatic rings. The number of aliphatic carboxylic acids is 1. The number of ether oxygens (including phenoxy) is 2. The maximum Gasteiger partial charge on any atom is 0.410 e. The minimum atomic E-state index is -0.798. The molecule has 0 aliphatic carbocycles. The maximum atomic E-state index is 12.5. The molecular formula is C17H30N2O5S. The first-order chi connectivity index (χ1) is 11.5. The molecule has 2 atom stereocenters. The number of carboxylic acid groups (broad SMARTS) is 1. The van der Waals surface area contributed by atoms with Gasteiger partial charge in [-0.2, -0.15) is 0 Å². The quantitative estimate of drug-likeness (QED) is 0.542. The maximum absolute atomic E-state index is 12.5. The fourth-order valence-corrected chi connectivity index (χ4v) is 2.82. The Labute approximate surface area is 155 Å². The molecule has 0 aromatic carbocycles. The van der Waals surface area contributed by atoms with Crippen molar-refractivity contribution in [2.45, 2.75) is 64.2 Å². The van der Waals surface area contributed by atoms with Crippen LogP contribution in [0.4, 0.5) is 4.79 Å². The third kappa shape index (κ3) is 7.56. The van der Waals surface area contributed by atoms with Crippen LogP contribution in [0.2, 0.25) is 0 Å². The Morgan fingerprint density at radius 3 is 2.44 bits per heavy atom. The number of nitrogens with zero attached hydrogens (tertiary/aromatic N) is 2. The number of carbonyl (C=O) groups is 2. The molecule has 1 rings (SSSR count). The minimum Gasteiger partial charge on any atom is -0.481 e. The van der Waals surface area contributed by atoms with Crippen LogP contribution in [0.5, 0.6) is 0 Å². The van der Waals surface area contributed by atoms with Gasteiger partial charge in [0.1, 0.15) is 10.6 Å². The van der Waals surface area contributed by atoms with E-state index in [9.17, 15) is 9.59 Å². The summed E-state index contributed by atoms with van der Waals surface area (Å²) in [7, 11) is 3.71. The van der Waals surface area contributed by atoms with E-state index in [0.717, 1.165) is 0 Å². The number of hydrogen-bond donors (Lipinski definition) is 1. The Kier molecular flexibility index (Phi) is 8.08. The number of amides is 1. The van der Waals surface area contributed by atoms with Crippen LogP contribution >= 0.6 is 12.2 Å². The highest BCUT2D eigenvalue weighted by Gasteiger charge is 2.40. The minimum absolute atomic E-state index is 0.125. The van der Waals surface area contributed by atoms with Gasteiger partial charge in [-0.15, -0.1) is 0 Å². The van der Waals surface area contributed by atoms with Gasteiger partial charge in [-0.05, 0) is 33.6 Å². The van der Waals surface area contributed by atoms with Crippen molar-refractivity contribution in [2.24, 2.45) is 0 Å². The zero-order chi connectivity index (χ0) is 19.2. The third-order valence-electron chi connectivity index (χ3n) is 3.76. The largest absolute Gasteiger partial charge is 0.481 e. The smallest absolute Gasteiger partial charge is 0.410 e. The molecule has 0 radical (unpaired) electrons. The molecule has 1 aliphatic heterocycles. The van der Waals surface area contributed by atoms with Gasteiger partial charge in [0.15, 0.2) is 0 Å². The lowest BCUT2D eigenvalue weighted by molar-refractivity contribution is -0.137. The normalized spacial score (nSPS) is 20.4. The molecule has 1 fully saturated rings. The highest BCUT2D eigenvalue weighted by Crippen LogP contribution is 2.25. The predicted octanol–water partition coefficient (Wildman–Crippen LogP) is 2.52. The van der Waals surface area contributed by atoms with E-state index >= 15 is 0 Å². The summed E-state index contributed by atoms with van der Waals surface area (Å²) in [6, 6.07) is -0.233. The molecule has 1 N–H and O–H groups in total. The van der Waals surface area contributed by atoms with Crippen molar-refractivity contribution in [3.8, 4) is 0 Å². The second-order valence-electron chi connectivity index (χ2n) is 7.46. The van der Waals surface area contributed by atoms with Crippen molar-refractivity contribution < 1.29 is 24.2 Å². The van der Waals surface area contributed by atoms with E-state index in [1.165, 1.54) is 0 Å². The summed E-state index contributed by atoms with van der Waals surface area (Å²) in [4.78, 5) is 27.1. The van der Waals surface area contributed by atoms with Gasteiger partial charge in [0.2, 0.25) is 0 Å². The fraction of sp³-hybridized carbons (Fsp3) is 0.824. The summed E-state index contributed by atoms with van der Waals surface area (Å²) < 4.78 is 11.3. The molecule has 0 aromatic heterocycles. The Balaban J connectivity index is 2.63. The summed E-state index contributed by atoms with van der Waals surface area (Å²) in [5.74, 6) is -0.798. The summed E-state index contributed by atoms with van der Waals surface area (Å²) in [5, 5.41) is 8.64. The Morgan fingerprint density at radius 1 is 1.28 bits per heavy atom. The van der Waals surface area contributed by atoms with Crippen LogP contribution in [0.25, 0.3) is 0 Å². The number of hydrogen-bond acceptors (Lipinski definition) is 5. The van der Waals surface area contributed by atoms with Crippen LogP contribution in [-0.4, -0.2) is 77.0 Å². The molecule has 25 heavy (non-hydrogen) atoms. The van der Waals surface area contributed by atoms with Crippen molar-refractivity contribution in [1.29, 1.82) is 0 Å². The molecule has 0 spiro atoms. The van der Waals surface area contributed by atoms with E-state index in [0.29, 0.717) is 37.4 Å². The van der Waals surface area contributed by atoms with E-state index < -0.39 is 17.7 Å². The van der Waals surface area contributed by atoms with Gasteiger partial charge in [0.05, 0.1) is 18.7 Å². The topological polar surface area (TPSA) is 79.3 Å². The van der Waals surface area contributed by atoms with E-state index in [2.05, 4.69) is 0 Å². The van der Waals surface area contributed by atoms with Gasteiger partial charge in [0.25, 0.3) is 0 Å². The van der Waals surface area contributed by atoms with Crippen molar-refractivity contribution in [3.63, 3.8) is 0 Å². The molecular weight excluding hydrogens is 344 g/mol. The van der Waals surface area contributed by atoms with Crippen LogP contribution < -0.4 is 0 Å². The number of rotatable bonds is 7. The van der Waals surface area contributed by atoms with Crippen molar-refractivity contribution >= 4 is 29.3 Å². The van der Waals surface area contributed by atoms with Crippen LogP contribution in [-0.2, 0) is 14.3 Å². The monoisotopic (exact) mass is 374 g/mol. The standard InChI is InChI=1S/C17H30N2O5S/c1-17(2,3)24-16(22)19-11-12(10-13(19)15(25)18(4)5)23-9-7-6-8-14(20)21/h12-13H,6-11H2,1-5H3,(H,20,21)/t12-,13+/m1/s1. The van der Waals surface area contributed by atoms with Gasteiger partial charge < -0.3 is 19.5 Å². The first-order valence-electron chi connectivity index (χ1n) is 8.55. The average molecular weight is 375 g/mol. The number of unbranched alkanes of at least 4 members (excludes halogenated alkanes) is 1. The van der Waals surface area contributed by atoms with Gasteiger partial charge in [-0.3, -0.25) is 9.69 Å². The first kappa shape index (κ1) is 21.6. The molecule has 1 heterocycles. The average Bonchev–Trinajstić information content (AvgIpc) is 2.88. The van der Waals surface area contributed by atoms with Gasteiger partial charge in [0, 0.05) is 33.5 Å². The fourth-order valence-electron chi connectivity index (χ4n) is 2.60. The van der Waals surface area contributed by atoms with Crippen LogP contribution in [0.15, 0.2) is 0 Å².